The Morgan fingerprint density at radius 1 is 1.00 bits per heavy atom. The van der Waals surface area contributed by atoms with Gasteiger partial charge in [-0.15, -0.1) is 0 Å². The molecule has 2 amide bonds. The van der Waals surface area contributed by atoms with Gasteiger partial charge in [0.2, 0.25) is 0 Å². The maximum atomic E-state index is 12.2. The molecule has 4 atom stereocenters. The molecule has 30 heavy (non-hydrogen) atoms. The number of fused-ring (bicyclic) bond motifs is 2. The van der Waals surface area contributed by atoms with Crippen LogP contribution in [0.4, 0.5) is 0 Å². The van der Waals surface area contributed by atoms with Gasteiger partial charge in [-0.25, -0.2) is 0 Å². The number of rotatable bonds is 10. The van der Waals surface area contributed by atoms with Crippen molar-refractivity contribution in [1.82, 2.24) is 10.6 Å². The fourth-order valence-corrected chi connectivity index (χ4v) is 4.37. The maximum absolute atomic E-state index is 12.2. The number of carbonyl (C=O) groups excluding carboxylic acids is 2. The predicted molar refractivity (Wildman–Crippen MR) is 111 cm³/mol. The zero-order valence-corrected chi connectivity index (χ0v) is 17.1. The molecule has 0 radical (unpaired) electrons. The minimum atomic E-state index is -0.770. The van der Waals surface area contributed by atoms with Gasteiger partial charge in [0.05, 0.1) is 12.2 Å². The lowest BCUT2D eigenvalue weighted by molar-refractivity contribution is -0.139. The Bertz CT molecular complexity index is 764. The van der Waals surface area contributed by atoms with Gasteiger partial charge in [0, 0.05) is 25.4 Å². The lowest BCUT2D eigenvalue weighted by Gasteiger charge is -2.27. The summed E-state index contributed by atoms with van der Waals surface area (Å²) in [4.78, 5) is 34.8. The number of benzene rings is 1. The van der Waals surface area contributed by atoms with E-state index in [0.29, 0.717) is 25.4 Å². The van der Waals surface area contributed by atoms with Crippen molar-refractivity contribution in [3.05, 3.63) is 48.0 Å². The first kappa shape index (κ1) is 22.0. The van der Waals surface area contributed by atoms with Gasteiger partial charge in [0.15, 0.2) is 0 Å². The molecule has 3 N–H and O–H groups in total. The zero-order chi connectivity index (χ0) is 21.3. The van der Waals surface area contributed by atoms with Gasteiger partial charge in [-0.1, -0.05) is 42.5 Å². The van der Waals surface area contributed by atoms with Crippen molar-refractivity contribution in [3.63, 3.8) is 0 Å². The molecule has 3 rings (SSSR count). The van der Waals surface area contributed by atoms with Crippen molar-refractivity contribution in [1.29, 1.82) is 0 Å². The third-order valence-corrected chi connectivity index (χ3v) is 5.93. The Hall–Kier alpha value is -2.67. The Morgan fingerprint density at radius 2 is 1.70 bits per heavy atom. The molecule has 7 nitrogen and oxygen atoms in total. The molecule has 2 aliphatic heterocycles. The second-order valence-electron chi connectivity index (χ2n) is 7.99. The van der Waals surface area contributed by atoms with Crippen LogP contribution in [0, 0.1) is 11.8 Å². The van der Waals surface area contributed by atoms with Crippen LogP contribution >= 0.6 is 0 Å². The molecule has 0 aromatic heterocycles. The van der Waals surface area contributed by atoms with Crippen LogP contribution in [0.3, 0.4) is 0 Å². The number of unbranched alkanes of at least 4 members (excludes halogenated alkanes) is 1. The van der Waals surface area contributed by atoms with E-state index in [1.165, 1.54) is 0 Å². The number of allylic oxidation sites excluding steroid dienone is 2. The zero-order valence-electron chi connectivity index (χ0n) is 17.1. The van der Waals surface area contributed by atoms with E-state index in [2.05, 4.69) is 16.7 Å². The summed E-state index contributed by atoms with van der Waals surface area (Å²) >= 11 is 0. The number of hydrogen-bond acceptors (Lipinski definition) is 4. The molecule has 7 heteroatoms. The van der Waals surface area contributed by atoms with Crippen molar-refractivity contribution in [3.8, 4) is 0 Å². The molecule has 1 aromatic rings. The third-order valence-electron chi connectivity index (χ3n) is 5.93. The van der Waals surface area contributed by atoms with E-state index >= 15 is 0 Å². The predicted octanol–water partition coefficient (Wildman–Crippen LogP) is 2.41. The van der Waals surface area contributed by atoms with Crippen LogP contribution in [0.5, 0.6) is 0 Å². The molecular weight excluding hydrogens is 384 g/mol. The van der Waals surface area contributed by atoms with Crippen LogP contribution in [-0.2, 0) is 25.7 Å². The van der Waals surface area contributed by atoms with E-state index in [4.69, 9.17) is 9.84 Å². The first-order chi connectivity index (χ1) is 14.5. The van der Waals surface area contributed by atoms with E-state index < -0.39 is 17.8 Å². The Labute approximate surface area is 176 Å². The fourth-order valence-electron chi connectivity index (χ4n) is 4.37. The van der Waals surface area contributed by atoms with Gasteiger partial charge in [-0.3, -0.25) is 14.4 Å². The first-order valence-electron chi connectivity index (χ1n) is 10.7. The number of nitrogens with one attached hydrogen (secondary N) is 2. The van der Waals surface area contributed by atoms with Crippen molar-refractivity contribution in [2.75, 3.05) is 6.54 Å². The SMILES string of the molecule is O=C(O)CCCC=CC[C@@H]1[C@H](CNC(=O)C(=O)NCc2ccccc2)[C@@H]2CC[C@H]1O2. The molecular formula is C23H30N2O5. The van der Waals surface area contributed by atoms with Gasteiger partial charge >= 0.3 is 17.8 Å². The number of carbonyl (C=O) groups is 3. The van der Waals surface area contributed by atoms with Gasteiger partial charge in [-0.05, 0) is 43.6 Å². The van der Waals surface area contributed by atoms with Crippen LogP contribution in [0.2, 0.25) is 0 Å². The molecule has 0 unspecified atom stereocenters. The number of carboxylic acids is 1. The fraction of sp³-hybridized carbons (Fsp3) is 0.522. The summed E-state index contributed by atoms with van der Waals surface area (Å²) in [5.74, 6) is -1.51. The average Bonchev–Trinajstić information content (AvgIpc) is 3.35. The van der Waals surface area contributed by atoms with Gasteiger partial charge in [0.25, 0.3) is 0 Å². The van der Waals surface area contributed by atoms with Crippen molar-refractivity contribution < 1.29 is 24.2 Å². The number of ether oxygens (including phenoxy) is 1. The van der Waals surface area contributed by atoms with Crippen LogP contribution in [-0.4, -0.2) is 41.6 Å². The molecule has 2 aliphatic rings. The smallest absolute Gasteiger partial charge is 0.309 e. The van der Waals surface area contributed by atoms with E-state index in [1.54, 1.807) is 0 Å². The summed E-state index contributed by atoms with van der Waals surface area (Å²) in [7, 11) is 0. The lowest BCUT2D eigenvalue weighted by Crippen LogP contribution is -2.44. The number of carboxylic acid groups (broad SMARTS) is 1. The molecule has 2 bridgehead atoms. The van der Waals surface area contributed by atoms with E-state index in [-0.39, 0.29) is 24.5 Å². The van der Waals surface area contributed by atoms with Crippen LogP contribution in [0.15, 0.2) is 42.5 Å². The first-order valence-corrected chi connectivity index (χ1v) is 10.7. The molecule has 2 saturated heterocycles. The summed E-state index contributed by atoms with van der Waals surface area (Å²) in [5, 5.41) is 14.1. The van der Waals surface area contributed by atoms with Crippen LogP contribution in [0.25, 0.3) is 0 Å². The number of hydrogen-bond donors (Lipinski definition) is 3. The molecule has 1 aromatic carbocycles. The Kier molecular flexibility index (Phi) is 8.02. The third kappa shape index (κ3) is 6.16. The molecule has 0 aliphatic carbocycles. The van der Waals surface area contributed by atoms with Crippen LogP contribution in [0.1, 0.15) is 44.1 Å². The minimum Gasteiger partial charge on any atom is -0.481 e. The highest BCUT2D eigenvalue weighted by Crippen LogP contribution is 2.44. The van der Waals surface area contributed by atoms with Crippen molar-refractivity contribution >= 4 is 17.8 Å². The lowest BCUT2D eigenvalue weighted by atomic mass is 9.77. The number of amides is 2. The number of aliphatic carboxylic acids is 1. The van der Waals surface area contributed by atoms with Crippen molar-refractivity contribution in [2.24, 2.45) is 11.8 Å². The van der Waals surface area contributed by atoms with Gasteiger partial charge < -0.3 is 20.5 Å². The highest BCUT2D eigenvalue weighted by atomic mass is 16.5. The van der Waals surface area contributed by atoms with E-state index in [1.807, 2.05) is 36.4 Å². The summed E-state index contributed by atoms with van der Waals surface area (Å²) in [6.45, 7) is 0.746. The average molecular weight is 415 g/mol. The molecule has 0 spiro atoms. The Balaban J connectivity index is 1.42. The van der Waals surface area contributed by atoms with Crippen LogP contribution < -0.4 is 10.6 Å². The summed E-state index contributed by atoms with van der Waals surface area (Å²) in [5.41, 5.74) is 0.940. The monoisotopic (exact) mass is 414 g/mol. The highest BCUT2D eigenvalue weighted by molar-refractivity contribution is 6.35. The molecule has 162 valence electrons. The molecule has 2 fully saturated rings. The molecule has 2 heterocycles. The summed E-state index contributed by atoms with van der Waals surface area (Å²) in [6.07, 6.45) is 8.89. The minimum absolute atomic E-state index is 0.132. The Morgan fingerprint density at radius 3 is 2.43 bits per heavy atom. The maximum Gasteiger partial charge on any atom is 0.309 e. The second-order valence-corrected chi connectivity index (χ2v) is 7.99. The summed E-state index contributed by atoms with van der Waals surface area (Å²) < 4.78 is 6.04. The second kappa shape index (κ2) is 10.9. The van der Waals surface area contributed by atoms with E-state index in [9.17, 15) is 14.4 Å². The molecule has 0 saturated carbocycles. The highest BCUT2D eigenvalue weighted by Gasteiger charge is 2.48. The largest absolute Gasteiger partial charge is 0.481 e. The van der Waals surface area contributed by atoms with Gasteiger partial charge in [0.1, 0.15) is 0 Å². The van der Waals surface area contributed by atoms with Gasteiger partial charge in [-0.2, -0.15) is 0 Å². The van der Waals surface area contributed by atoms with Crippen molar-refractivity contribution in [2.45, 2.75) is 57.3 Å². The quantitative estimate of drug-likeness (QED) is 0.310. The van der Waals surface area contributed by atoms with E-state index in [0.717, 1.165) is 31.2 Å². The topological polar surface area (TPSA) is 105 Å². The normalized spacial score (nSPS) is 24.8. The summed E-state index contributed by atoms with van der Waals surface area (Å²) in [6, 6.07) is 9.46. The standard InChI is InChI=1S/C23H30N2O5/c26-21(27)11-7-2-1-6-10-17-18(20-13-12-19(17)30-20)15-25-23(29)22(28)24-14-16-8-4-3-5-9-16/h1,3-6,8-9,17-20H,2,7,10-15H2,(H,24,28)(H,25,29)(H,26,27)/t17-,18+,19-,20+/m1/s1.